The number of ether oxygens (including phenoxy) is 1. The van der Waals surface area contributed by atoms with Crippen molar-refractivity contribution >= 4 is 17.7 Å². The van der Waals surface area contributed by atoms with Crippen LogP contribution in [0.25, 0.3) is 0 Å². The van der Waals surface area contributed by atoms with Crippen LogP contribution >= 0.6 is 0 Å². The standard InChI is InChI=1S/C16H27NO4/c1-5-14(19)21-12-8-10-13(18)9-7-11-17-15(20)16(3,4)6-2/h5H,1,6-12H2,2-4H3,(H,17,20). The molecule has 1 amide bonds. The molecule has 0 aliphatic rings. The van der Waals surface area contributed by atoms with Crippen molar-refractivity contribution in [2.45, 2.75) is 52.9 Å². The van der Waals surface area contributed by atoms with E-state index < -0.39 is 5.97 Å². The Hall–Kier alpha value is -1.65. The van der Waals surface area contributed by atoms with Crippen LogP contribution in [0.15, 0.2) is 12.7 Å². The van der Waals surface area contributed by atoms with Crippen LogP contribution in [-0.4, -0.2) is 30.8 Å². The zero-order valence-electron chi connectivity index (χ0n) is 13.4. The van der Waals surface area contributed by atoms with Crippen molar-refractivity contribution < 1.29 is 19.1 Å². The summed E-state index contributed by atoms with van der Waals surface area (Å²) in [5.74, 6) is -0.328. The normalized spacial score (nSPS) is 10.8. The number of amides is 1. The molecule has 1 N–H and O–H groups in total. The Balaban J connectivity index is 3.65. The molecule has 0 atom stereocenters. The fraction of sp³-hybridized carbons (Fsp3) is 0.688. The van der Waals surface area contributed by atoms with Gasteiger partial charge in [0.1, 0.15) is 5.78 Å². The molecule has 0 spiro atoms. The summed E-state index contributed by atoms with van der Waals surface area (Å²) in [5.41, 5.74) is -0.362. The molecule has 0 radical (unpaired) electrons. The maximum Gasteiger partial charge on any atom is 0.330 e. The Bertz CT molecular complexity index is 374. The third-order valence-corrected chi connectivity index (χ3v) is 3.43. The Labute approximate surface area is 127 Å². The maximum absolute atomic E-state index is 11.8. The minimum atomic E-state index is -0.469. The van der Waals surface area contributed by atoms with Gasteiger partial charge >= 0.3 is 5.97 Å². The topological polar surface area (TPSA) is 72.5 Å². The molecule has 0 aromatic rings. The Morgan fingerprint density at radius 3 is 2.38 bits per heavy atom. The number of ketones is 1. The van der Waals surface area contributed by atoms with Gasteiger partial charge in [-0.2, -0.15) is 0 Å². The summed E-state index contributed by atoms with van der Waals surface area (Å²) < 4.78 is 4.78. The summed E-state index contributed by atoms with van der Waals surface area (Å²) in [6, 6.07) is 0. The number of nitrogens with one attached hydrogen (secondary N) is 1. The van der Waals surface area contributed by atoms with Gasteiger partial charge in [-0.1, -0.05) is 27.4 Å². The van der Waals surface area contributed by atoms with Crippen LogP contribution in [0.3, 0.4) is 0 Å². The molecule has 5 nitrogen and oxygen atoms in total. The first-order valence-corrected chi connectivity index (χ1v) is 7.42. The number of carbonyl (C=O) groups is 3. The van der Waals surface area contributed by atoms with Crippen molar-refractivity contribution in [3.05, 3.63) is 12.7 Å². The highest BCUT2D eigenvalue weighted by atomic mass is 16.5. The number of esters is 1. The summed E-state index contributed by atoms with van der Waals surface area (Å²) in [5, 5.41) is 2.85. The van der Waals surface area contributed by atoms with Gasteiger partial charge in [0.05, 0.1) is 6.61 Å². The number of hydrogen-bond donors (Lipinski definition) is 1. The molecule has 0 rings (SSSR count). The van der Waals surface area contributed by atoms with Crippen LogP contribution in [0.1, 0.15) is 52.9 Å². The lowest BCUT2D eigenvalue weighted by atomic mass is 9.89. The van der Waals surface area contributed by atoms with Crippen molar-refractivity contribution in [3.8, 4) is 0 Å². The molecule has 120 valence electrons. The highest BCUT2D eigenvalue weighted by Crippen LogP contribution is 2.19. The first-order chi connectivity index (χ1) is 9.83. The van der Waals surface area contributed by atoms with Crippen molar-refractivity contribution in [2.75, 3.05) is 13.2 Å². The van der Waals surface area contributed by atoms with Crippen molar-refractivity contribution in [1.29, 1.82) is 0 Å². The van der Waals surface area contributed by atoms with Crippen LogP contribution in [-0.2, 0) is 19.1 Å². The van der Waals surface area contributed by atoms with Gasteiger partial charge in [0, 0.05) is 30.9 Å². The summed E-state index contributed by atoms with van der Waals surface area (Å²) in [7, 11) is 0. The zero-order chi connectivity index (χ0) is 16.3. The lowest BCUT2D eigenvalue weighted by Crippen LogP contribution is -2.37. The molecule has 0 bridgehead atoms. The van der Waals surface area contributed by atoms with Crippen LogP contribution in [0.5, 0.6) is 0 Å². The molecule has 0 aromatic heterocycles. The van der Waals surface area contributed by atoms with E-state index in [1.165, 1.54) is 0 Å². The van der Waals surface area contributed by atoms with Crippen LogP contribution in [0, 0.1) is 5.41 Å². The van der Waals surface area contributed by atoms with Crippen molar-refractivity contribution in [1.82, 2.24) is 5.32 Å². The summed E-state index contributed by atoms with van der Waals surface area (Å²) >= 11 is 0. The average Bonchev–Trinajstić information content (AvgIpc) is 2.47. The van der Waals surface area contributed by atoms with Gasteiger partial charge in [-0.3, -0.25) is 9.59 Å². The third-order valence-electron chi connectivity index (χ3n) is 3.43. The number of hydrogen-bond acceptors (Lipinski definition) is 4. The van der Waals surface area contributed by atoms with E-state index in [0.29, 0.717) is 32.2 Å². The highest BCUT2D eigenvalue weighted by Gasteiger charge is 2.24. The van der Waals surface area contributed by atoms with E-state index >= 15 is 0 Å². The molecule has 0 saturated heterocycles. The van der Waals surface area contributed by atoms with Gasteiger partial charge < -0.3 is 10.1 Å². The van der Waals surface area contributed by atoms with E-state index in [-0.39, 0.29) is 23.7 Å². The van der Waals surface area contributed by atoms with Crippen molar-refractivity contribution in [2.24, 2.45) is 5.41 Å². The first kappa shape index (κ1) is 19.4. The van der Waals surface area contributed by atoms with Gasteiger partial charge in [0.15, 0.2) is 0 Å². The summed E-state index contributed by atoms with van der Waals surface area (Å²) in [4.78, 5) is 34.1. The molecule has 0 unspecified atom stereocenters. The number of Topliss-reactive ketones (excluding diaryl/α,β-unsaturated/α-hetero) is 1. The largest absolute Gasteiger partial charge is 0.463 e. The molecule has 0 heterocycles. The predicted molar refractivity (Wildman–Crippen MR) is 81.7 cm³/mol. The second kappa shape index (κ2) is 10.1. The second-order valence-corrected chi connectivity index (χ2v) is 5.61. The molecule has 0 saturated carbocycles. The molecular weight excluding hydrogens is 270 g/mol. The minimum absolute atomic E-state index is 0.0220. The monoisotopic (exact) mass is 297 g/mol. The van der Waals surface area contributed by atoms with E-state index in [0.717, 1.165) is 12.5 Å². The molecule has 0 aliphatic carbocycles. The molecule has 0 aliphatic heterocycles. The molecular formula is C16H27NO4. The summed E-state index contributed by atoms with van der Waals surface area (Å²) in [6.45, 7) is 9.81. The number of rotatable bonds is 11. The van der Waals surface area contributed by atoms with Crippen LogP contribution in [0.2, 0.25) is 0 Å². The summed E-state index contributed by atoms with van der Waals surface area (Å²) in [6.07, 6.45) is 3.86. The van der Waals surface area contributed by atoms with Gasteiger partial charge in [-0.05, 0) is 19.3 Å². The lowest BCUT2D eigenvalue weighted by Gasteiger charge is -2.21. The average molecular weight is 297 g/mol. The van der Waals surface area contributed by atoms with E-state index in [4.69, 9.17) is 4.74 Å². The van der Waals surface area contributed by atoms with Gasteiger partial charge in [0.25, 0.3) is 0 Å². The molecule has 21 heavy (non-hydrogen) atoms. The Morgan fingerprint density at radius 1 is 1.19 bits per heavy atom. The fourth-order valence-electron chi connectivity index (χ4n) is 1.51. The Kier molecular flexibility index (Phi) is 9.34. The Morgan fingerprint density at radius 2 is 1.81 bits per heavy atom. The van der Waals surface area contributed by atoms with Gasteiger partial charge in [-0.15, -0.1) is 0 Å². The van der Waals surface area contributed by atoms with E-state index in [9.17, 15) is 14.4 Å². The van der Waals surface area contributed by atoms with Crippen LogP contribution in [0.4, 0.5) is 0 Å². The van der Waals surface area contributed by atoms with Gasteiger partial charge in [-0.25, -0.2) is 4.79 Å². The number of carbonyl (C=O) groups excluding carboxylic acids is 3. The first-order valence-electron chi connectivity index (χ1n) is 7.42. The van der Waals surface area contributed by atoms with Gasteiger partial charge in [0.2, 0.25) is 5.91 Å². The smallest absolute Gasteiger partial charge is 0.330 e. The molecule has 0 aromatic carbocycles. The zero-order valence-corrected chi connectivity index (χ0v) is 13.4. The van der Waals surface area contributed by atoms with Crippen LogP contribution < -0.4 is 5.32 Å². The third kappa shape index (κ3) is 9.00. The lowest BCUT2D eigenvalue weighted by molar-refractivity contribution is -0.138. The highest BCUT2D eigenvalue weighted by molar-refractivity contribution is 5.82. The van der Waals surface area contributed by atoms with Crippen molar-refractivity contribution in [3.63, 3.8) is 0 Å². The predicted octanol–water partition coefficient (Wildman–Crippen LogP) is 2.40. The van der Waals surface area contributed by atoms with E-state index in [2.05, 4.69) is 11.9 Å². The van der Waals surface area contributed by atoms with E-state index in [1.54, 1.807) is 0 Å². The fourth-order valence-corrected chi connectivity index (χ4v) is 1.51. The molecule has 5 heteroatoms. The molecule has 0 fully saturated rings. The quantitative estimate of drug-likeness (QED) is 0.361. The minimum Gasteiger partial charge on any atom is -0.463 e. The second-order valence-electron chi connectivity index (χ2n) is 5.61. The SMILES string of the molecule is C=CC(=O)OCCCC(=O)CCCNC(=O)C(C)(C)CC. The maximum atomic E-state index is 11.8. The van der Waals surface area contributed by atoms with E-state index in [1.807, 2.05) is 20.8 Å².